The lowest BCUT2D eigenvalue weighted by Crippen LogP contribution is -2.42. The topological polar surface area (TPSA) is 127 Å². The van der Waals surface area contributed by atoms with Crippen molar-refractivity contribution in [2.75, 3.05) is 30.5 Å². The Labute approximate surface area is 291 Å². The third-order valence-electron chi connectivity index (χ3n) is 10.4. The van der Waals surface area contributed by atoms with E-state index in [1.807, 2.05) is 56.3 Å². The van der Waals surface area contributed by atoms with Crippen LogP contribution in [0.4, 0.5) is 11.4 Å². The number of benzene rings is 3. The highest BCUT2D eigenvalue weighted by atomic mass is 32.2. The molecule has 8 rings (SSSR count). The van der Waals surface area contributed by atoms with E-state index >= 15 is 0 Å². The second-order valence-corrected chi connectivity index (χ2v) is 15.2. The van der Waals surface area contributed by atoms with Crippen molar-refractivity contribution in [3.8, 4) is 17.2 Å². The Balaban J connectivity index is 1.09. The average molecular weight is 698 g/mol. The number of rotatable bonds is 9. The minimum Gasteiger partial charge on any atom is -0.497 e. The minimum atomic E-state index is -0.415. The largest absolute Gasteiger partial charge is 0.497 e. The number of hydrogen-bond acceptors (Lipinski definition) is 9. The molecule has 7 atom stereocenters. The number of H-pyrrole nitrogens is 1. The lowest BCUT2D eigenvalue weighted by atomic mass is 9.68. The van der Waals surface area contributed by atoms with E-state index in [-0.39, 0.29) is 64.0 Å². The number of aromatic amines is 1. The van der Waals surface area contributed by atoms with Gasteiger partial charge in [0.25, 0.3) is 5.91 Å². The third-order valence-corrected chi connectivity index (χ3v) is 13.0. The normalized spacial score (nSPS) is 26.3. The Morgan fingerprint density at radius 2 is 1.67 bits per heavy atom. The number of nitrogens with zero attached hydrogens (tertiary/aromatic N) is 1. The number of fused-ring (bicyclic) bond motifs is 9. The van der Waals surface area contributed by atoms with Crippen LogP contribution in [0.1, 0.15) is 35.3 Å². The van der Waals surface area contributed by atoms with Crippen LogP contribution in [-0.4, -0.2) is 48.3 Å². The highest BCUT2D eigenvalue weighted by molar-refractivity contribution is 8.00. The molecule has 1 aromatic heterocycles. The molecule has 0 spiro atoms. The molecule has 3 aromatic carbocycles. The summed E-state index contributed by atoms with van der Waals surface area (Å²) in [7, 11) is 1.58. The number of thioether (sulfide) groups is 1. The van der Waals surface area contributed by atoms with Gasteiger partial charge in [-0.3, -0.25) is 24.1 Å². The lowest BCUT2D eigenvalue weighted by molar-refractivity contribution is -0.123. The van der Waals surface area contributed by atoms with E-state index in [1.165, 1.54) is 16.2 Å². The van der Waals surface area contributed by atoms with Crippen LogP contribution in [-0.2, 0) is 14.4 Å². The van der Waals surface area contributed by atoms with Crippen molar-refractivity contribution in [3.05, 3.63) is 92.4 Å². The first-order valence-electron chi connectivity index (χ1n) is 16.4. The lowest BCUT2D eigenvalue weighted by Gasteiger charge is -2.43. The van der Waals surface area contributed by atoms with E-state index in [9.17, 15) is 19.2 Å². The second-order valence-electron chi connectivity index (χ2n) is 13.0. The zero-order valence-corrected chi connectivity index (χ0v) is 28.8. The van der Waals surface area contributed by atoms with Crippen molar-refractivity contribution in [2.24, 2.45) is 29.6 Å². The van der Waals surface area contributed by atoms with Gasteiger partial charge in [-0.1, -0.05) is 35.1 Å². The van der Waals surface area contributed by atoms with Gasteiger partial charge < -0.3 is 24.5 Å². The summed E-state index contributed by atoms with van der Waals surface area (Å²) in [4.78, 5) is 58.7. The Bertz CT molecular complexity index is 2010. The first kappa shape index (κ1) is 31.7. The molecular weight excluding hydrogens is 663 g/mol. The van der Waals surface area contributed by atoms with Crippen LogP contribution in [0, 0.1) is 36.5 Å². The van der Waals surface area contributed by atoms with Gasteiger partial charge in [0.2, 0.25) is 11.8 Å². The van der Waals surface area contributed by atoms with E-state index in [4.69, 9.17) is 14.2 Å². The summed E-state index contributed by atoms with van der Waals surface area (Å²) in [6.07, 6.45) is 0.789. The molecule has 2 N–H and O–H groups in total. The Morgan fingerprint density at radius 1 is 0.939 bits per heavy atom. The van der Waals surface area contributed by atoms with E-state index in [0.717, 1.165) is 27.5 Å². The number of methoxy groups -OCH3 is 1. The van der Waals surface area contributed by atoms with Gasteiger partial charge in [0.1, 0.15) is 5.75 Å². The van der Waals surface area contributed by atoms with Crippen molar-refractivity contribution >= 4 is 52.2 Å². The molecule has 0 unspecified atom stereocenters. The van der Waals surface area contributed by atoms with Gasteiger partial charge in [0, 0.05) is 21.7 Å². The van der Waals surface area contributed by atoms with Crippen molar-refractivity contribution in [1.29, 1.82) is 0 Å². The fourth-order valence-electron chi connectivity index (χ4n) is 8.46. The predicted molar refractivity (Wildman–Crippen MR) is 187 cm³/mol. The zero-order valence-electron chi connectivity index (χ0n) is 27.1. The number of amides is 3. The van der Waals surface area contributed by atoms with Crippen molar-refractivity contribution in [1.82, 2.24) is 4.98 Å². The number of carbonyl (C=O) groups is 3. The number of aromatic nitrogens is 1. The smallest absolute Gasteiger partial charge is 0.305 e. The number of thiazole rings is 1. The van der Waals surface area contributed by atoms with Crippen LogP contribution in [0.5, 0.6) is 17.2 Å². The second kappa shape index (κ2) is 12.4. The fraction of sp³-hybridized carbons (Fsp3) is 0.351. The molecule has 4 aromatic rings. The monoisotopic (exact) mass is 697 g/mol. The molecule has 2 saturated carbocycles. The first-order chi connectivity index (χ1) is 23.7. The van der Waals surface area contributed by atoms with Crippen molar-refractivity contribution in [2.45, 2.75) is 36.5 Å². The average Bonchev–Trinajstić information content (AvgIpc) is 3.84. The molecule has 3 heterocycles. The maximum Gasteiger partial charge on any atom is 0.305 e. The predicted octanol–water partition coefficient (Wildman–Crippen LogP) is 5.85. The molecule has 3 fully saturated rings. The molecule has 49 heavy (non-hydrogen) atoms. The maximum absolute atomic E-state index is 14.1. The Hall–Kier alpha value is -4.55. The molecule has 2 aliphatic carbocycles. The fourth-order valence-corrected chi connectivity index (χ4v) is 11.3. The molecular formula is C37H35N3O7S2. The molecule has 12 heteroatoms. The zero-order chi connectivity index (χ0) is 34.0. The highest BCUT2D eigenvalue weighted by Crippen LogP contribution is 2.68. The van der Waals surface area contributed by atoms with Crippen LogP contribution in [0.15, 0.2) is 76.6 Å². The van der Waals surface area contributed by atoms with E-state index in [1.54, 1.807) is 43.1 Å². The number of aryl methyl sites for hydroxylation is 1. The van der Waals surface area contributed by atoms with Gasteiger partial charge in [-0.05, 0) is 92.1 Å². The number of anilines is 2. The number of carbonyl (C=O) groups excluding carboxylic acids is 3. The summed E-state index contributed by atoms with van der Waals surface area (Å²) in [5, 5.41) is 3.74. The molecule has 2 aliphatic heterocycles. The van der Waals surface area contributed by atoms with Crippen LogP contribution < -0.4 is 29.3 Å². The van der Waals surface area contributed by atoms with Crippen LogP contribution >= 0.6 is 23.1 Å². The molecule has 252 valence electrons. The van der Waals surface area contributed by atoms with Gasteiger partial charge in [0.05, 0.1) is 36.3 Å². The summed E-state index contributed by atoms with van der Waals surface area (Å²) < 4.78 is 17.3. The summed E-state index contributed by atoms with van der Waals surface area (Å²) in [6, 6.07) is 20.3. The minimum absolute atomic E-state index is 0.00441. The van der Waals surface area contributed by atoms with Gasteiger partial charge in [0.15, 0.2) is 18.1 Å². The number of hydrogen-bond donors (Lipinski definition) is 2. The van der Waals surface area contributed by atoms with E-state index < -0.39 is 5.92 Å². The molecule has 2 bridgehead atoms. The standard InChI is InChI=1S/C37H35N3O7S2/c1-4-46-26-15-19(7-14-25(26)47-17-27(41)38-20-8-5-18(2)6-9-20)28-29-23-16-24(32(29)48-34-33(28)49-37(44)39-34)31-30(23)35(42)40(36(31)43)21-10-12-22(45-3)13-11-21/h5-15,23-24,28-32H,4,16-17H2,1-3H3,(H,38,41)(H,39,44)/t23-,24-,28+,29-,30+,31+,32-/m1/s1. The van der Waals surface area contributed by atoms with Crippen LogP contribution in [0.2, 0.25) is 0 Å². The maximum atomic E-state index is 14.1. The van der Waals surface area contributed by atoms with E-state index in [2.05, 4.69) is 10.3 Å². The van der Waals surface area contributed by atoms with Crippen LogP contribution in [0.3, 0.4) is 0 Å². The molecule has 3 amide bonds. The van der Waals surface area contributed by atoms with Gasteiger partial charge >= 0.3 is 4.87 Å². The Morgan fingerprint density at radius 3 is 2.39 bits per heavy atom. The summed E-state index contributed by atoms with van der Waals surface area (Å²) in [6.45, 7) is 4.06. The summed E-state index contributed by atoms with van der Waals surface area (Å²) in [5.74, 6) is 0.0384. The summed E-state index contributed by atoms with van der Waals surface area (Å²) in [5.41, 5.74) is 3.29. The molecule has 1 saturated heterocycles. The third kappa shape index (κ3) is 5.32. The number of ether oxygens (including phenoxy) is 3. The first-order valence-corrected chi connectivity index (χ1v) is 18.1. The SMILES string of the molecule is CCOc1cc([C@@H]2c3sc(=O)[nH]c3S[C@@H]3[C@@H]4C[C@@H]([C@@H]5C(=O)N(c6ccc(OC)cc6)C(=O)[C@@H]45)[C@H]23)ccc1OCC(=O)Nc1ccc(C)cc1. The van der Waals surface area contributed by atoms with Crippen molar-refractivity contribution in [3.63, 3.8) is 0 Å². The van der Waals surface area contributed by atoms with E-state index in [0.29, 0.717) is 35.2 Å². The van der Waals surface area contributed by atoms with Gasteiger partial charge in [-0.25, -0.2) is 0 Å². The Kier molecular flexibility index (Phi) is 8.02. The van der Waals surface area contributed by atoms with Gasteiger partial charge in [-0.2, -0.15) is 0 Å². The van der Waals surface area contributed by atoms with Gasteiger partial charge in [-0.15, -0.1) is 11.8 Å². The molecule has 10 nitrogen and oxygen atoms in total. The van der Waals surface area contributed by atoms with Crippen molar-refractivity contribution < 1.29 is 28.6 Å². The van der Waals surface area contributed by atoms with Crippen LogP contribution in [0.25, 0.3) is 0 Å². The molecule has 0 radical (unpaired) electrons. The number of nitrogens with one attached hydrogen (secondary N) is 2. The highest BCUT2D eigenvalue weighted by Gasteiger charge is 2.69. The molecule has 4 aliphatic rings. The quantitative estimate of drug-likeness (QED) is 0.209. The number of imide groups is 1. The summed E-state index contributed by atoms with van der Waals surface area (Å²) >= 11 is 2.86.